The van der Waals surface area contributed by atoms with Crippen molar-refractivity contribution in [2.75, 3.05) is 6.26 Å². The minimum absolute atomic E-state index is 0.149. The predicted molar refractivity (Wildman–Crippen MR) is 75.6 cm³/mol. The van der Waals surface area contributed by atoms with Crippen molar-refractivity contribution in [2.24, 2.45) is 0 Å². The van der Waals surface area contributed by atoms with Crippen molar-refractivity contribution in [1.29, 1.82) is 0 Å². The Labute approximate surface area is 117 Å². The smallest absolute Gasteiger partial charge is 0.335 e. The number of imidazole rings is 1. The van der Waals surface area contributed by atoms with Gasteiger partial charge >= 0.3 is 5.97 Å². The lowest BCUT2D eigenvalue weighted by Gasteiger charge is -2.23. The van der Waals surface area contributed by atoms with Crippen molar-refractivity contribution >= 4 is 26.8 Å². The van der Waals surface area contributed by atoms with Gasteiger partial charge in [-0.15, -0.1) is 0 Å². The quantitative estimate of drug-likeness (QED) is 0.924. The van der Waals surface area contributed by atoms with Crippen molar-refractivity contribution in [2.45, 2.75) is 25.1 Å². The molecule has 0 aliphatic rings. The van der Waals surface area contributed by atoms with E-state index in [1.165, 1.54) is 24.7 Å². The van der Waals surface area contributed by atoms with E-state index in [4.69, 9.17) is 5.11 Å². The summed E-state index contributed by atoms with van der Waals surface area (Å²) in [6.07, 6.45) is 2.72. The molecule has 6 nitrogen and oxygen atoms in total. The summed E-state index contributed by atoms with van der Waals surface area (Å²) in [5, 5.41) is 9.01. The second kappa shape index (κ2) is 4.59. The molecule has 0 radical (unpaired) electrons. The summed E-state index contributed by atoms with van der Waals surface area (Å²) < 4.78 is 24.2. The van der Waals surface area contributed by atoms with Crippen molar-refractivity contribution < 1.29 is 18.3 Å². The van der Waals surface area contributed by atoms with Gasteiger partial charge in [-0.3, -0.25) is 0 Å². The van der Waals surface area contributed by atoms with Crippen molar-refractivity contribution in [1.82, 2.24) is 9.55 Å². The third-order valence-electron chi connectivity index (χ3n) is 3.42. The third-order valence-corrected chi connectivity index (χ3v) is 5.56. The maximum Gasteiger partial charge on any atom is 0.335 e. The molecule has 0 saturated heterocycles. The first-order valence-electron chi connectivity index (χ1n) is 5.99. The zero-order valence-corrected chi connectivity index (χ0v) is 12.3. The number of aromatic carboxylic acids is 1. The molecule has 0 unspecified atom stereocenters. The van der Waals surface area contributed by atoms with Gasteiger partial charge in [-0.25, -0.2) is 18.2 Å². The fourth-order valence-corrected chi connectivity index (χ4v) is 2.22. The van der Waals surface area contributed by atoms with Gasteiger partial charge in [-0.1, -0.05) is 0 Å². The molecule has 1 heterocycles. The number of aromatic nitrogens is 2. The van der Waals surface area contributed by atoms with Gasteiger partial charge in [-0.05, 0) is 32.0 Å². The number of carboxylic acid groups (broad SMARTS) is 1. The molecule has 0 bridgehead atoms. The van der Waals surface area contributed by atoms with Gasteiger partial charge in [0.1, 0.15) is 0 Å². The summed E-state index contributed by atoms with van der Waals surface area (Å²) in [6, 6.07) is 4.59. The van der Waals surface area contributed by atoms with Gasteiger partial charge in [-0.2, -0.15) is 0 Å². The number of carboxylic acids is 1. The molecule has 2 aromatic rings. The highest BCUT2D eigenvalue weighted by atomic mass is 32.2. The monoisotopic (exact) mass is 296 g/mol. The molecule has 1 aromatic heterocycles. The molecule has 1 aromatic carbocycles. The first kappa shape index (κ1) is 14.5. The fraction of sp³-hybridized carbons (Fsp3) is 0.385. The summed E-state index contributed by atoms with van der Waals surface area (Å²) in [7, 11) is -3.24. The summed E-state index contributed by atoms with van der Waals surface area (Å²) >= 11 is 0. The topological polar surface area (TPSA) is 89.3 Å². The summed E-state index contributed by atoms with van der Waals surface area (Å²) in [5.74, 6) is -1.03. The standard InChI is InChI=1S/C13H16N2O4S/c1-13(2,20(3,18)19)7-15-8-14-10-5-4-9(12(16)17)6-11(10)15/h4-6,8H,7H2,1-3H3,(H,16,17). The number of nitrogens with zero attached hydrogens (tertiary/aromatic N) is 2. The van der Waals surface area contributed by atoms with E-state index in [1.54, 1.807) is 24.5 Å². The Kier molecular flexibility index (Phi) is 3.33. The zero-order valence-electron chi connectivity index (χ0n) is 11.5. The molecule has 0 fully saturated rings. The van der Waals surface area contributed by atoms with E-state index in [0.717, 1.165) is 0 Å². The normalized spacial score (nSPS) is 12.8. The molecule has 0 amide bonds. The van der Waals surface area contributed by atoms with Crippen LogP contribution in [0.15, 0.2) is 24.5 Å². The van der Waals surface area contributed by atoms with E-state index in [1.807, 2.05) is 0 Å². The Morgan fingerprint density at radius 3 is 2.60 bits per heavy atom. The molecule has 0 atom stereocenters. The number of sulfone groups is 1. The van der Waals surface area contributed by atoms with Crippen LogP contribution in [-0.2, 0) is 16.4 Å². The van der Waals surface area contributed by atoms with Crippen LogP contribution in [0.5, 0.6) is 0 Å². The van der Waals surface area contributed by atoms with Crippen LogP contribution in [0.2, 0.25) is 0 Å². The van der Waals surface area contributed by atoms with Crippen molar-refractivity contribution in [3.05, 3.63) is 30.1 Å². The molecule has 7 heteroatoms. The predicted octanol–water partition coefficient (Wildman–Crippen LogP) is 1.56. The highest BCUT2D eigenvalue weighted by molar-refractivity contribution is 7.92. The number of hydrogen-bond acceptors (Lipinski definition) is 4. The fourth-order valence-electron chi connectivity index (χ4n) is 1.84. The third kappa shape index (κ3) is 2.53. The van der Waals surface area contributed by atoms with Gasteiger partial charge in [0.2, 0.25) is 0 Å². The Balaban J connectivity index is 2.51. The highest BCUT2D eigenvalue weighted by Gasteiger charge is 2.31. The molecule has 1 N–H and O–H groups in total. The highest BCUT2D eigenvalue weighted by Crippen LogP contribution is 2.22. The van der Waals surface area contributed by atoms with E-state index in [9.17, 15) is 13.2 Å². The first-order valence-corrected chi connectivity index (χ1v) is 7.89. The van der Waals surface area contributed by atoms with E-state index >= 15 is 0 Å². The zero-order chi connectivity index (χ0) is 15.1. The minimum atomic E-state index is -3.24. The number of benzene rings is 1. The van der Waals surface area contributed by atoms with Gasteiger partial charge < -0.3 is 9.67 Å². The van der Waals surface area contributed by atoms with E-state index in [-0.39, 0.29) is 12.1 Å². The summed E-state index contributed by atoms with van der Waals surface area (Å²) in [6.45, 7) is 3.48. The number of carbonyl (C=O) groups is 1. The summed E-state index contributed by atoms with van der Waals surface area (Å²) in [5.41, 5.74) is 1.40. The number of rotatable bonds is 4. The molecule has 108 valence electrons. The van der Waals surface area contributed by atoms with Gasteiger partial charge in [0.25, 0.3) is 0 Å². The second-order valence-corrected chi connectivity index (χ2v) is 8.06. The lowest BCUT2D eigenvalue weighted by Crippen LogP contribution is -2.35. The lowest BCUT2D eigenvalue weighted by atomic mass is 10.2. The lowest BCUT2D eigenvalue weighted by molar-refractivity contribution is 0.0697. The van der Waals surface area contributed by atoms with Crippen LogP contribution < -0.4 is 0 Å². The Morgan fingerprint density at radius 1 is 1.40 bits per heavy atom. The first-order chi connectivity index (χ1) is 9.12. The van der Waals surface area contributed by atoms with Gasteiger partial charge in [0, 0.05) is 12.8 Å². The largest absolute Gasteiger partial charge is 0.478 e. The van der Waals surface area contributed by atoms with E-state index < -0.39 is 20.6 Å². The summed E-state index contributed by atoms with van der Waals surface area (Å²) in [4.78, 5) is 15.2. The number of hydrogen-bond donors (Lipinski definition) is 1. The Bertz CT molecular complexity index is 775. The van der Waals surface area contributed by atoms with Crippen LogP contribution in [-0.4, -0.2) is 40.0 Å². The molecule has 20 heavy (non-hydrogen) atoms. The average Bonchev–Trinajstić information content (AvgIpc) is 2.69. The molecular formula is C13H16N2O4S. The van der Waals surface area contributed by atoms with E-state index in [2.05, 4.69) is 4.98 Å². The van der Waals surface area contributed by atoms with Gasteiger partial charge in [0.05, 0.1) is 27.7 Å². The molecular weight excluding hydrogens is 280 g/mol. The van der Waals surface area contributed by atoms with Gasteiger partial charge in [0.15, 0.2) is 9.84 Å². The molecule has 0 aliphatic carbocycles. The van der Waals surface area contributed by atoms with Crippen LogP contribution in [0.3, 0.4) is 0 Å². The van der Waals surface area contributed by atoms with Crippen molar-refractivity contribution in [3.8, 4) is 0 Å². The minimum Gasteiger partial charge on any atom is -0.478 e. The number of fused-ring (bicyclic) bond motifs is 1. The van der Waals surface area contributed by atoms with Crippen LogP contribution in [0.1, 0.15) is 24.2 Å². The van der Waals surface area contributed by atoms with Crippen LogP contribution in [0.4, 0.5) is 0 Å². The molecule has 2 rings (SSSR count). The second-order valence-electron chi connectivity index (χ2n) is 5.41. The van der Waals surface area contributed by atoms with Crippen LogP contribution >= 0.6 is 0 Å². The average molecular weight is 296 g/mol. The Morgan fingerprint density at radius 2 is 2.05 bits per heavy atom. The SMILES string of the molecule is CC(C)(Cn1cnc2ccc(C(=O)O)cc21)S(C)(=O)=O. The maximum atomic E-state index is 11.8. The molecule has 0 saturated carbocycles. The Hall–Kier alpha value is -1.89. The molecule has 0 spiro atoms. The van der Waals surface area contributed by atoms with Crippen LogP contribution in [0, 0.1) is 0 Å². The van der Waals surface area contributed by atoms with Crippen molar-refractivity contribution in [3.63, 3.8) is 0 Å². The van der Waals surface area contributed by atoms with E-state index in [0.29, 0.717) is 11.0 Å². The van der Waals surface area contributed by atoms with Crippen LogP contribution in [0.25, 0.3) is 11.0 Å². The maximum absolute atomic E-state index is 11.8. The molecule has 0 aliphatic heterocycles.